The fourth-order valence-electron chi connectivity index (χ4n) is 0.753. The van der Waals surface area contributed by atoms with E-state index in [0.717, 1.165) is 12.7 Å². The number of aldehydes is 1. The molecule has 2 heteroatoms. The Bertz CT molecular complexity index is 136. The van der Waals surface area contributed by atoms with Crippen LogP contribution in [-0.2, 0) is 4.79 Å². The van der Waals surface area contributed by atoms with Crippen molar-refractivity contribution in [2.45, 2.75) is 33.1 Å². The van der Waals surface area contributed by atoms with E-state index in [1.54, 1.807) is 0 Å². The highest BCUT2D eigenvalue weighted by atomic mass is 16.3. The van der Waals surface area contributed by atoms with Crippen molar-refractivity contribution in [1.82, 2.24) is 0 Å². The third-order valence-corrected chi connectivity index (χ3v) is 1.38. The first kappa shape index (κ1) is 9.21. The van der Waals surface area contributed by atoms with Gasteiger partial charge in [0.15, 0.2) is 0 Å². The second kappa shape index (κ2) is 5.03. The maximum Gasteiger partial charge on any atom is 0.149 e. The molecule has 0 aromatic rings. The molecule has 58 valence electrons. The summed E-state index contributed by atoms with van der Waals surface area (Å²) in [5.41, 5.74) is 0.529. The van der Waals surface area contributed by atoms with Crippen LogP contribution in [0.5, 0.6) is 0 Å². The second-order valence-electron chi connectivity index (χ2n) is 2.19. The summed E-state index contributed by atoms with van der Waals surface area (Å²) >= 11 is 0. The van der Waals surface area contributed by atoms with E-state index in [4.69, 9.17) is 5.11 Å². The van der Waals surface area contributed by atoms with E-state index >= 15 is 0 Å². The highest BCUT2D eigenvalue weighted by Gasteiger charge is 1.99. The normalized spacial score (nSPS) is 12.6. The van der Waals surface area contributed by atoms with Crippen molar-refractivity contribution in [3.8, 4) is 0 Å². The summed E-state index contributed by atoms with van der Waals surface area (Å²) in [5, 5.41) is 9.16. The highest BCUT2D eigenvalue weighted by Crippen LogP contribution is 2.08. The largest absolute Gasteiger partial charge is 0.512 e. The second-order valence-corrected chi connectivity index (χ2v) is 2.19. The molecular formula is C8H14O2. The molecule has 0 aromatic carbocycles. The van der Waals surface area contributed by atoms with Crippen molar-refractivity contribution >= 4 is 6.29 Å². The SMILES string of the molecule is CCCC(O)=C(C=O)CC. The van der Waals surface area contributed by atoms with Crippen molar-refractivity contribution in [3.63, 3.8) is 0 Å². The van der Waals surface area contributed by atoms with Crippen LogP contribution in [0.25, 0.3) is 0 Å². The number of carbonyl (C=O) groups is 1. The Morgan fingerprint density at radius 2 is 2.10 bits per heavy atom. The van der Waals surface area contributed by atoms with Gasteiger partial charge in [0.1, 0.15) is 6.29 Å². The monoisotopic (exact) mass is 142 g/mol. The lowest BCUT2D eigenvalue weighted by molar-refractivity contribution is -0.105. The van der Waals surface area contributed by atoms with Gasteiger partial charge in [-0.3, -0.25) is 4.79 Å². The van der Waals surface area contributed by atoms with Gasteiger partial charge in [0.2, 0.25) is 0 Å². The molecule has 0 rings (SSSR count). The molecule has 0 saturated carbocycles. The zero-order valence-electron chi connectivity index (χ0n) is 6.55. The predicted molar refractivity (Wildman–Crippen MR) is 40.9 cm³/mol. The summed E-state index contributed by atoms with van der Waals surface area (Å²) in [6.07, 6.45) is 2.84. The Kier molecular flexibility index (Phi) is 4.63. The number of aliphatic hydroxyl groups excluding tert-OH is 1. The van der Waals surface area contributed by atoms with Crippen LogP contribution in [0.1, 0.15) is 33.1 Å². The van der Waals surface area contributed by atoms with Crippen LogP contribution < -0.4 is 0 Å². The van der Waals surface area contributed by atoms with Crippen molar-refractivity contribution in [2.75, 3.05) is 0 Å². The van der Waals surface area contributed by atoms with Gasteiger partial charge in [-0.1, -0.05) is 13.8 Å². The number of allylic oxidation sites excluding steroid dienone is 2. The van der Waals surface area contributed by atoms with Crippen molar-refractivity contribution in [3.05, 3.63) is 11.3 Å². The van der Waals surface area contributed by atoms with Crippen LogP contribution >= 0.6 is 0 Å². The fourth-order valence-corrected chi connectivity index (χ4v) is 0.753. The highest BCUT2D eigenvalue weighted by molar-refractivity contribution is 5.73. The van der Waals surface area contributed by atoms with Gasteiger partial charge >= 0.3 is 0 Å². The van der Waals surface area contributed by atoms with Gasteiger partial charge in [0, 0.05) is 12.0 Å². The molecule has 0 aliphatic rings. The van der Waals surface area contributed by atoms with Gasteiger partial charge in [0.05, 0.1) is 5.76 Å². The number of aliphatic hydroxyl groups is 1. The number of rotatable bonds is 4. The fraction of sp³-hybridized carbons (Fsp3) is 0.625. The minimum Gasteiger partial charge on any atom is -0.512 e. The average Bonchev–Trinajstić information content (AvgIpc) is 1.91. The quantitative estimate of drug-likeness (QED) is 0.371. The Hall–Kier alpha value is -0.790. The van der Waals surface area contributed by atoms with Crippen LogP contribution in [0.4, 0.5) is 0 Å². The molecule has 0 spiro atoms. The summed E-state index contributed by atoms with van der Waals surface area (Å²) < 4.78 is 0. The van der Waals surface area contributed by atoms with Crippen molar-refractivity contribution in [1.29, 1.82) is 0 Å². The number of carbonyl (C=O) groups excluding carboxylic acids is 1. The van der Waals surface area contributed by atoms with Gasteiger partial charge in [-0.05, 0) is 12.8 Å². The van der Waals surface area contributed by atoms with E-state index in [1.165, 1.54) is 0 Å². The van der Waals surface area contributed by atoms with Gasteiger partial charge in [-0.15, -0.1) is 0 Å². The van der Waals surface area contributed by atoms with E-state index in [0.29, 0.717) is 18.4 Å². The molecule has 0 amide bonds. The van der Waals surface area contributed by atoms with Gasteiger partial charge in [-0.2, -0.15) is 0 Å². The molecule has 0 aliphatic heterocycles. The van der Waals surface area contributed by atoms with Crippen LogP contribution in [0, 0.1) is 0 Å². The van der Waals surface area contributed by atoms with Gasteiger partial charge in [0.25, 0.3) is 0 Å². The Morgan fingerprint density at radius 1 is 1.50 bits per heavy atom. The van der Waals surface area contributed by atoms with Gasteiger partial charge in [-0.25, -0.2) is 0 Å². The Morgan fingerprint density at radius 3 is 2.40 bits per heavy atom. The van der Waals surface area contributed by atoms with Crippen molar-refractivity contribution < 1.29 is 9.90 Å². The number of hydrogen-bond acceptors (Lipinski definition) is 2. The maximum atomic E-state index is 10.2. The lowest BCUT2D eigenvalue weighted by Crippen LogP contribution is -1.91. The third-order valence-electron chi connectivity index (χ3n) is 1.38. The van der Waals surface area contributed by atoms with E-state index in [-0.39, 0.29) is 5.76 Å². The number of hydrogen-bond donors (Lipinski definition) is 1. The van der Waals surface area contributed by atoms with Crippen LogP contribution in [0.2, 0.25) is 0 Å². The molecule has 1 N–H and O–H groups in total. The molecule has 0 fully saturated rings. The first-order valence-corrected chi connectivity index (χ1v) is 3.62. The first-order valence-electron chi connectivity index (χ1n) is 3.62. The van der Waals surface area contributed by atoms with Crippen LogP contribution in [-0.4, -0.2) is 11.4 Å². The predicted octanol–water partition coefficient (Wildman–Crippen LogP) is 2.21. The summed E-state index contributed by atoms with van der Waals surface area (Å²) in [7, 11) is 0. The molecule has 0 aliphatic carbocycles. The molecule has 0 atom stereocenters. The van der Waals surface area contributed by atoms with E-state index in [9.17, 15) is 4.79 Å². The summed E-state index contributed by atoms with van der Waals surface area (Å²) in [6, 6.07) is 0. The van der Waals surface area contributed by atoms with E-state index < -0.39 is 0 Å². The molecule has 0 heterocycles. The van der Waals surface area contributed by atoms with E-state index in [2.05, 4.69) is 0 Å². The van der Waals surface area contributed by atoms with E-state index in [1.807, 2.05) is 13.8 Å². The minimum absolute atomic E-state index is 0.250. The Labute approximate surface area is 61.6 Å². The third kappa shape index (κ3) is 2.67. The summed E-state index contributed by atoms with van der Waals surface area (Å²) in [6.45, 7) is 3.82. The first-order chi connectivity index (χ1) is 4.76. The van der Waals surface area contributed by atoms with Crippen molar-refractivity contribution in [2.24, 2.45) is 0 Å². The molecule has 0 saturated heterocycles. The molecule has 0 bridgehead atoms. The summed E-state index contributed by atoms with van der Waals surface area (Å²) in [5.74, 6) is 0.250. The molecule has 0 unspecified atom stereocenters. The van der Waals surface area contributed by atoms with Gasteiger partial charge < -0.3 is 5.11 Å². The smallest absolute Gasteiger partial charge is 0.149 e. The minimum atomic E-state index is 0.250. The molecule has 0 aromatic heterocycles. The topological polar surface area (TPSA) is 37.3 Å². The maximum absolute atomic E-state index is 10.2. The molecular weight excluding hydrogens is 128 g/mol. The summed E-state index contributed by atoms with van der Waals surface area (Å²) in [4.78, 5) is 10.2. The Balaban J connectivity index is 4.12. The zero-order chi connectivity index (χ0) is 7.98. The van der Waals surface area contributed by atoms with Crippen LogP contribution in [0.15, 0.2) is 11.3 Å². The lowest BCUT2D eigenvalue weighted by Gasteiger charge is -1.99. The standard InChI is InChI=1S/C8H14O2/c1-3-5-8(10)7(4-2)6-9/h6,10H,3-5H2,1-2H3. The van der Waals surface area contributed by atoms with Crippen LogP contribution in [0.3, 0.4) is 0 Å². The molecule has 10 heavy (non-hydrogen) atoms. The molecule has 2 nitrogen and oxygen atoms in total. The zero-order valence-corrected chi connectivity index (χ0v) is 6.55. The average molecular weight is 142 g/mol. The molecule has 0 radical (unpaired) electrons. The lowest BCUT2D eigenvalue weighted by atomic mass is 10.1.